The number of likely N-dealkylation sites (tertiary alicyclic amines) is 1. The van der Waals surface area contributed by atoms with Crippen molar-refractivity contribution < 1.29 is 14.3 Å². The summed E-state index contributed by atoms with van der Waals surface area (Å²) in [5, 5.41) is 10.8. The van der Waals surface area contributed by atoms with Crippen molar-refractivity contribution >= 4 is 17.7 Å². The molecule has 0 radical (unpaired) electrons. The van der Waals surface area contributed by atoms with Crippen LogP contribution in [0.5, 0.6) is 5.88 Å². The maximum Gasteiger partial charge on any atom is 0.231 e. The molecular formula is C25H39N7O3. The van der Waals surface area contributed by atoms with Crippen LogP contribution in [0.25, 0.3) is 0 Å². The third kappa shape index (κ3) is 5.13. The van der Waals surface area contributed by atoms with Crippen LogP contribution in [-0.2, 0) is 21.6 Å². The molecule has 3 atom stereocenters. The van der Waals surface area contributed by atoms with Gasteiger partial charge < -0.3 is 24.6 Å². The van der Waals surface area contributed by atoms with E-state index in [1.165, 1.54) is 0 Å². The van der Waals surface area contributed by atoms with Gasteiger partial charge in [0.1, 0.15) is 0 Å². The number of rotatable bonds is 9. The molecule has 1 unspecified atom stereocenters. The fraction of sp³-hybridized carbons (Fsp3) is 0.680. The molecule has 10 heteroatoms. The first kappa shape index (κ1) is 25.4. The number of carbonyl (C=O) groups excluding carboxylic acids is 1. The van der Waals surface area contributed by atoms with Gasteiger partial charge in [0.2, 0.25) is 17.7 Å². The Morgan fingerprint density at radius 1 is 1.34 bits per heavy atom. The zero-order valence-corrected chi connectivity index (χ0v) is 21.8. The first-order chi connectivity index (χ1) is 16.8. The summed E-state index contributed by atoms with van der Waals surface area (Å²) in [7, 11) is 1.74. The van der Waals surface area contributed by atoms with Gasteiger partial charge in [-0.1, -0.05) is 6.92 Å². The molecule has 1 saturated heterocycles. The molecule has 0 spiro atoms. The number of aromatic amines is 1. The Morgan fingerprint density at radius 2 is 2.14 bits per heavy atom. The predicted molar refractivity (Wildman–Crippen MR) is 133 cm³/mol. The van der Waals surface area contributed by atoms with Crippen LogP contribution in [0.3, 0.4) is 0 Å². The van der Waals surface area contributed by atoms with E-state index in [-0.39, 0.29) is 11.8 Å². The van der Waals surface area contributed by atoms with E-state index in [9.17, 15) is 4.79 Å². The summed E-state index contributed by atoms with van der Waals surface area (Å²) >= 11 is 0. The summed E-state index contributed by atoms with van der Waals surface area (Å²) in [6, 6.07) is 2.09. The number of ether oxygens (including phenoxy) is 2. The second-order valence-corrected chi connectivity index (χ2v) is 10.2. The second-order valence-electron chi connectivity index (χ2n) is 10.2. The number of fused-ring (bicyclic) bond motifs is 1. The lowest BCUT2D eigenvalue weighted by Gasteiger charge is -2.44. The van der Waals surface area contributed by atoms with Crippen LogP contribution < -0.4 is 10.1 Å². The molecule has 35 heavy (non-hydrogen) atoms. The van der Waals surface area contributed by atoms with Gasteiger partial charge in [0.15, 0.2) is 5.82 Å². The highest BCUT2D eigenvalue weighted by atomic mass is 16.5. The summed E-state index contributed by atoms with van der Waals surface area (Å²) in [5.41, 5.74) is 1.45. The zero-order chi connectivity index (χ0) is 25.2. The van der Waals surface area contributed by atoms with E-state index >= 15 is 0 Å². The molecule has 2 aliphatic heterocycles. The molecule has 2 aromatic rings. The Bertz CT molecular complexity index is 1020. The smallest absolute Gasteiger partial charge is 0.231 e. The molecule has 0 bridgehead atoms. The molecule has 192 valence electrons. The van der Waals surface area contributed by atoms with Crippen molar-refractivity contribution in [2.45, 2.75) is 65.6 Å². The van der Waals surface area contributed by atoms with E-state index in [1.807, 2.05) is 11.8 Å². The normalized spacial score (nSPS) is 23.8. The number of nitrogens with one attached hydrogen (secondary N) is 2. The molecule has 0 aliphatic carbocycles. The van der Waals surface area contributed by atoms with Crippen LogP contribution in [0.2, 0.25) is 0 Å². The molecule has 2 aliphatic rings. The molecule has 1 amide bonds. The number of carbonyl (C=O) groups is 1. The second kappa shape index (κ2) is 10.5. The van der Waals surface area contributed by atoms with Crippen LogP contribution in [-0.4, -0.2) is 75.3 Å². The first-order valence-corrected chi connectivity index (χ1v) is 12.6. The van der Waals surface area contributed by atoms with Gasteiger partial charge in [-0.25, -0.2) is 4.98 Å². The maximum absolute atomic E-state index is 13.9. The largest absolute Gasteiger partial charge is 0.478 e. The number of hydrogen-bond acceptors (Lipinski definition) is 8. The van der Waals surface area contributed by atoms with Gasteiger partial charge in [-0.3, -0.25) is 9.89 Å². The van der Waals surface area contributed by atoms with Crippen molar-refractivity contribution in [2.24, 2.45) is 11.8 Å². The van der Waals surface area contributed by atoms with E-state index in [0.717, 1.165) is 43.8 Å². The number of anilines is 2. The summed E-state index contributed by atoms with van der Waals surface area (Å²) < 4.78 is 10.7. The van der Waals surface area contributed by atoms with Crippen LogP contribution in [0, 0.1) is 11.8 Å². The molecule has 10 nitrogen and oxygen atoms in total. The monoisotopic (exact) mass is 485 g/mol. The molecule has 2 N–H and O–H groups in total. The average Bonchev–Trinajstić information content (AvgIpc) is 3.34. The first-order valence-electron chi connectivity index (χ1n) is 12.6. The van der Waals surface area contributed by atoms with E-state index < -0.39 is 5.54 Å². The Hall–Kier alpha value is -2.72. The lowest BCUT2D eigenvalue weighted by molar-refractivity contribution is -0.145. The Labute approximate surface area is 207 Å². The average molecular weight is 486 g/mol. The number of piperidine rings is 1. The van der Waals surface area contributed by atoms with Crippen molar-refractivity contribution in [2.75, 3.05) is 38.7 Å². The van der Waals surface area contributed by atoms with Crippen LogP contribution in [0.1, 0.15) is 58.7 Å². The number of H-pyrrole nitrogens is 1. The van der Waals surface area contributed by atoms with Gasteiger partial charge >= 0.3 is 0 Å². The molecule has 4 rings (SSSR count). The van der Waals surface area contributed by atoms with E-state index in [4.69, 9.17) is 9.47 Å². The lowest BCUT2D eigenvalue weighted by atomic mass is 9.81. The molecule has 1 fully saturated rings. The van der Waals surface area contributed by atoms with Gasteiger partial charge in [-0.2, -0.15) is 10.1 Å². The molecule has 0 aromatic carbocycles. The fourth-order valence-corrected chi connectivity index (χ4v) is 5.40. The van der Waals surface area contributed by atoms with Crippen LogP contribution in [0.15, 0.2) is 12.3 Å². The minimum atomic E-state index is -0.480. The molecular weight excluding hydrogens is 446 g/mol. The summed E-state index contributed by atoms with van der Waals surface area (Å²) in [4.78, 5) is 27.1. The van der Waals surface area contributed by atoms with Crippen molar-refractivity contribution in [3.63, 3.8) is 0 Å². The number of aromatic nitrogens is 4. The summed E-state index contributed by atoms with van der Waals surface area (Å²) in [6.07, 6.45) is 3.53. The Balaban J connectivity index is 1.47. The lowest BCUT2D eigenvalue weighted by Crippen LogP contribution is -2.52. The number of hydrogen-bond donors (Lipinski definition) is 2. The number of amides is 1. The summed E-state index contributed by atoms with van der Waals surface area (Å²) in [6.45, 7) is 14.3. The van der Waals surface area contributed by atoms with Gasteiger partial charge in [0, 0.05) is 56.6 Å². The minimum Gasteiger partial charge on any atom is -0.478 e. The van der Waals surface area contributed by atoms with Crippen molar-refractivity contribution in [1.29, 1.82) is 0 Å². The molecule has 0 saturated carbocycles. The van der Waals surface area contributed by atoms with E-state index in [2.05, 4.69) is 58.1 Å². The maximum atomic E-state index is 13.9. The van der Waals surface area contributed by atoms with Gasteiger partial charge in [-0.05, 0) is 46.5 Å². The van der Waals surface area contributed by atoms with Crippen molar-refractivity contribution in [3.05, 3.63) is 23.5 Å². The Kier molecular flexibility index (Phi) is 7.61. The third-order valence-corrected chi connectivity index (χ3v) is 7.43. The Morgan fingerprint density at radius 3 is 2.89 bits per heavy atom. The van der Waals surface area contributed by atoms with Gasteiger partial charge in [0.25, 0.3) is 0 Å². The SMILES string of the molecule is CCOc1ccnc(Nc2n[nH]c3c2CN(C(=O)C2C[C@@H](C)N(CCCOC)C[C@@H]2C)C3(C)C)n1. The topological polar surface area (TPSA) is 108 Å². The van der Waals surface area contributed by atoms with Crippen molar-refractivity contribution in [3.8, 4) is 5.88 Å². The predicted octanol–water partition coefficient (Wildman–Crippen LogP) is 3.30. The fourth-order valence-electron chi connectivity index (χ4n) is 5.40. The van der Waals surface area contributed by atoms with Gasteiger partial charge in [-0.15, -0.1) is 0 Å². The number of methoxy groups -OCH3 is 1. The van der Waals surface area contributed by atoms with Crippen LogP contribution in [0.4, 0.5) is 11.8 Å². The third-order valence-electron chi connectivity index (χ3n) is 7.43. The quantitative estimate of drug-likeness (QED) is 0.521. The summed E-state index contributed by atoms with van der Waals surface area (Å²) in [5.74, 6) is 2.08. The highest BCUT2D eigenvalue weighted by molar-refractivity contribution is 5.81. The van der Waals surface area contributed by atoms with E-state index in [0.29, 0.717) is 42.8 Å². The number of nitrogens with zero attached hydrogens (tertiary/aromatic N) is 5. The minimum absolute atomic E-state index is 0.00234. The van der Waals surface area contributed by atoms with Crippen LogP contribution >= 0.6 is 0 Å². The standard InChI is InChI=1S/C25H39N7O3/c1-7-35-20-9-10-26-24(27-20)28-22-19-15-32(25(4,5)21(19)29-30-22)23(33)18-13-17(3)31(14-16(18)2)11-8-12-34-6/h9-10,16-18H,7-8,11-15H2,1-6H3,(H2,26,27,28,29,30)/t16-,17+,18?/m0/s1. The van der Waals surface area contributed by atoms with Gasteiger partial charge in [0.05, 0.1) is 24.4 Å². The highest BCUT2D eigenvalue weighted by Gasteiger charge is 2.47. The van der Waals surface area contributed by atoms with Crippen molar-refractivity contribution in [1.82, 2.24) is 30.0 Å². The zero-order valence-electron chi connectivity index (χ0n) is 21.8. The van der Waals surface area contributed by atoms with E-state index in [1.54, 1.807) is 19.4 Å². The highest BCUT2D eigenvalue weighted by Crippen LogP contribution is 2.43. The molecule has 4 heterocycles. The molecule has 2 aromatic heterocycles.